The molecule has 0 saturated carbocycles. The van der Waals surface area contributed by atoms with Crippen molar-refractivity contribution < 1.29 is 13.2 Å². The van der Waals surface area contributed by atoms with Crippen LogP contribution in [-0.4, -0.2) is 33.7 Å². The number of carbonyl (C=O) groups excluding carboxylic acids is 1. The molecule has 0 aliphatic carbocycles. The summed E-state index contributed by atoms with van der Waals surface area (Å²) in [6.45, 7) is 6.13. The average molecular weight is 310 g/mol. The fraction of sp³-hybridized carbons (Fsp3) is 0.400. The number of anilines is 1. The summed E-state index contributed by atoms with van der Waals surface area (Å²) in [7, 11) is -3.36. The van der Waals surface area contributed by atoms with Crippen molar-refractivity contribution in [3.8, 4) is 0 Å². The van der Waals surface area contributed by atoms with Crippen molar-refractivity contribution in [1.29, 1.82) is 0 Å². The zero-order valence-corrected chi connectivity index (χ0v) is 13.3. The van der Waals surface area contributed by atoms with E-state index in [1.807, 2.05) is 25.1 Å². The van der Waals surface area contributed by atoms with Crippen LogP contribution in [-0.2, 0) is 14.8 Å². The summed E-state index contributed by atoms with van der Waals surface area (Å²) >= 11 is 0. The van der Waals surface area contributed by atoms with Gasteiger partial charge in [-0.1, -0.05) is 18.2 Å². The van der Waals surface area contributed by atoms with Crippen molar-refractivity contribution in [2.75, 3.05) is 23.7 Å². The maximum Gasteiger partial charge on any atom is 0.232 e. The second-order valence-electron chi connectivity index (χ2n) is 4.87. The Kier molecular flexibility index (Phi) is 6.42. The van der Waals surface area contributed by atoms with E-state index in [1.54, 1.807) is 12.1 Å². The van der Waals surface area contributed by atoms with Crippen molar-refractivity contribution in [3.63, 3.8) is 0 Å². The van der Waals surface area contributed by atoms with Crippen LogP contribution < -0.4 is 9.62 Å². The lowest BCUT2D eigenvalue weighted by Crippen LogP contribution is -2.32. The maximum atomic E-state index is 11.9. The Bertz CT molecular complexity index is 597. The normalized spacial score (nSPS) is 11.0. The van der Waals surface area contributed by atoms with Crippen molar-refractivity contribution in [3.05, 3.63) is 42.5 Å². The molecule has 0 aliphatic heterocycles. The van der Waals surface area contributed by atoms with Gasteiger partial charge in [-0.05, 0) is 31.0 Å². The fourth-order valence-electron chi connectivity index (χ4n) is 1.93. The molecule has 21 heavy (non-hydrogen) atoms. The van der Waals surface area contributed by atoms with Crippen molar-refractivity contribution >= 4 is 21.6 Å². The molecule has 0 heterocycles. The highest BCUT2D eigenvalue weighted by molar-refractivity contribution is 7.92. The van der Waals surface area contributed by atoms with Crippen LogP contribution in [0.5, 0.6) is 0 Å². The van der Waals surface area contributed by atoms with Gasteiger partial charge in [-0.2, -0.15) is 0 Å². The SMILES string of the molecule is C=CCNC(=O)CCCN(c1cccc(C)c1)S(C)(=O)=O. The molecule has 0 spiro atoms. The molecule has 0 unspecified atom stereocenters. The minimum absolute atomic E-state index is 0.104. The van der Waals surface area contributed by atoms with Crippen LogP contribution in [0.2, 0.25) is 0 Å². The highest BCUT2D eigenvalue weighted by Gasteiger charge is 2.17. The van der Waals surface area contributed by atoms with Gasteiger partial charge in [0.05, 0.1) is 11.9 Å². The molecule has 1 N–H and O–H groups in total. The number of amides is 1. The van der Waals surface area contributed by atoms with Crippen LogP contribution >= 0.6 is 0 Å². The number of sulfonamides is 1. The van der Waals surface area contributed by atoms with Crippen molar-refractivity contribution in [1.82, 2.24) is 5.32 Å². The Labute approximate surface area is 126 Å². The Morgan fingerprint density at radius 1 is 1.43 bits per heavy atom. The van der Waals surface area contributed by atoms with Crippen LogP contribution in [0.15, 0.2) is 36.9 Å². The fourth-order valence-corrected chi connectivity index (χ4v) is 2.88. The lowest BCUT2D eigenvalue weighted by atomic mass is 10.2. The third kappa shape index (κ3) is 5.99. The Hall–Kier alpha value is -1.82. The van der Waals surface area contributed by atoms with Gasteiger partial charge >= 0.3 is 0 Å². The van der Waals surface area contributed by atoms with E-state index >= 15 is 0 Å². The molecule has 116 valence electrons. The van der Waals surface area contributed by atoms with E-state index in [2.05, 4.69) is 11.9 Å². The molecule has 0 fully saturated rings. The number of benzene rings is 1. The van der Waals surface area contributed by atoms with Gasteiger partial charge in [0, 0.05) is 19.5 Å². The largest absolute Gasteiger partial charge is 0.353 e. The number of rotatable bonds is 8. The molecule has 0 aliphatic rings. The molecule has 5 nitrogen and oxygen atoms in total. The Morgan fingerprint density at radius 3 is 2.71 bits per heavy atom. The summed E-state index contributed by atoms with van der Waals surface area (Å²) < 4.78 is 25.1. The summed E-state index contributed by atoms with van der Waals surface area (Å²) in [5.41, 5.74) is 1.62. The zero-order valence-electron chi connectivity index (χ0n) is 12.5. The van der Waals surface area contributed by atoms with Crippen LogP contribution in [0.4, 0.5) is 5.69 Å². The van der Waals surface area contributed by atoms with Gasteiger partial charge < -0.3 is 5.32 Å². The van der Waals surface area contributed by atoms with Crippen LogP contribution in [0.1, 0.15) is 18.4 Å². The molecule has 6 heteroatoms. The molecule has 1 aromatic rings. The first-order valence-electron chi connectivity index (χ1n) is 6.76. The van der Waals surface area contributed by atoms with Gasteiger partial charge in [0.1, 0.15) is 0 Å². The van der Waals surface area contributed by atoms with Crippen molar-refractivity contribution in [2.45, 2.75) is 19.8 Å². The van der Waals surface area contributed by atoms with E-state index in [0.717, 1.165) is 5.56 Å². The van der Waals surface area contributed by atoms with Gasteiger partial charge in [-0.15, -0.1) is 6.58 Å². The van der Waals surface area contributed by atoms with E-state index in [4.69, 9.17) is 0 Å². The minimum Gasteiger partial charge on any atom is -0.353 e. The minimum atomic E-state index is -3.36. The van der Waals surface area contributed by atoms with Crippen molar-refractivity contribution in [2.24, 2.45) is 0 Å². The van der Waals surface area contributed by atoms with Gasteiger partial charge in [0.15, 0.2) is 0 Å². The number of hydrogen-bond acceptors (Lipinski definition) is 3. The molecule has 0 saturated heterocycles. The highest BCUT2D eigenvalue weighted by atomic mass is 32.2. The monoisotopic (exact) mass is 310 g/mol. The summed E-state index contributed by atoms with van der Waals surface area (Å²) in [5.74, 6) is -0.104. The predicted molar refractivity (Wildman–Crippen MR) is 85.8 cm³/mol. The number of carbonyl (C=O) groups is 1. The predicted octanol–water partition coefficient (Wildman–Crippen LogP) is 1.84. The first-order valence-corrected chi connectivity index (χ1v) is 8.61. The van der Waals surface area contributed by atoms with Crippen LogP contribution in [0.3, 0.4) is 0 Å². The van der Waals surface area contributed by atoms with Crippen LogP contribution in [0.25, 0.3) is 0 Å². The molecular formula is C15H22N2O3S. The lowest BCUT2D eigenvalue weighted by Gasteiger charge is -2.22. The second-order valence-corrected chi connectivity index (χ2v) is 6.78. The first-order chi connectivity index (χ1) is 9.84. The molecule has 1 rings (SSSR count). The number of aryl methyl sites for hydroxylation is 1. The molecule has 0 bridgehead atoms. The third-order valence-electron chi connectivity index (χ3n) is 2.90. The Morgan fingerprint density at radius 2 is 2.14 bits per heavy atom. The van der Waals surface area contributed by atoms with E-state index in [9.17, 15) is 13.2 Å². The average Bonchev–Trinajstić information content (AvgIpc) is 2.39. The van der Waals surface area contributed by atoms with E-state index in [1.165, 1.54) is 10.6 Å². The lowest BCUT2D eigenvalue weighted by molar-refractivity contribution is -0.120. The number of nitrogens with one attached hydrogen (secondary N) is 1. The molecule has 0 aromatic heterocycles. The number of nitrogens with zero attached hydrogens (tertiary/aromatic N) is 1. The molecule has 1 amide bonds. The van der Waals surface area contributed by atoms with Crippen LogP contribution in [0, 0.1) is 6.92 Å². The molecular weight excluding hydrogens is 288 g/mol. The quantitative estimate of drug-likeness (QED) is 0.745. The van der Waals surface area contributed by atoms with E-state index < -0.39 is 10.0 Å². The first kappa shape index (κ1) is 17.2. The smallest absolute Gasteiger partial charge is 0.232 e. The highest BCUT2D eigenvalue weighted by Crippen LogP contribution is 2.19. The summed E-state index contributed by atoms with van der Waals surface area (Å²) in [4.78, 5) is 11.5. The summed E-state index contributed by atoms with van der Waals surface area (Å²) in [6, 6.07) is 7.30. The van der Waals surface area contributed by atoms with Gasteiger partial charge in [0.25, 0.3) is 0 Å². The number of hydrogen-bond donors (Lipinski definition) is 1. The topological polar surface area (TPSA) is 66.5 Å². The zero-order chi connectivity index (χ0) is 15.9. The van der Waals surface area contributed by atoms with Gasteiger partial charge in [-0.25, -0.2) is 8.42 Å². The summed E-state index contributed by atoms with van der Waals surface area (Å²) in [6.07, 6.45) is 3.52. The third-order valence-corrected chi connectivity index (χ3v) is 4.09. The van der Waals surface area contributed by atoms with E-state index in [0.29, 0.717) is 18.7 Å². The maximum absolute atomic E-state index is 11.9. The second kappa shape index (κ2) is 7.83. The molecule has 1 aromatic carbocycles. The standard InChI is InChI=1S/C15H22N2O3S/c1-4-10-16-15(18)9-6-11-17(21(3,19)20)14-8-5-7-13(2)12-14/h4-5,7-8,12H,1,6,9-11H2,2-3H3,(H,16,18). The molecule has 0 radical (unpaired) electrons. The molecule has 0 atom stereocenters. The van der Waals surface area contributed by atoms with Gasteiger partial charge in [0.2, 0.25) is 15.9 Å². The Balaban J connectivity index is 2.69. The summed E-state index contributed by atoms with van der Waals surface area (Å²) in [5, 5.41) is 2.67. The van der Waals surface area contributed by atoms with E-state index in [-0.39, 0.29) is 18.9 Å². The van der Waals surface area contributed by atoms with Gasteiger partial charge in [-0.3, -0.25) is 9.10 Å².